The first-order valence-electron chi connectivity index (χ1n) is 8.34. The van der Waals surface area contributed by atoms with Gasteiger partial charge in [-0.25, -0.2) is 12.7 Å². The monoisotopic (exact) mass is 389 g/mol. The molecular formula is C19H23N3O4S. The van der Waals surface area contributed by atoms with E-state index in [1.807, 2.05) is 19.1 Å². The predicted octanol–water partition coefficient (Wildman–Crippen LogP) is 1.29. The predicted molar refractivity (Wildman–Crippen MR) is 103 cm³/mol. The van der Waals surface area contributed by atoms with Crippen LogP contribution in [0.25, 0.3) is 0 Å². The third-order valence-corrected chi connectivity index (χ3v) is 5.92. The smallest absolute Gasteiger partial charge is 0.251 e. The van der Waals surface area contributed by atoms with Crippen molar-refractivity contribution in [1.29, 1.82) is 0 Å². The maximum atomic E-state index is 12.4. The van der Waals surface area contributed by atoms with E-state index in [-0.39, 0.29) is 23.9 Å². The van der Waals surface area contributed by atoms with Crippen LogP contribution in [0.1, 0.15) is 21.5 Å². The van der Waals surface area contributed by atoms with Gasteiger partial charge in [0, 0.05) is 26.2 Å². The van der Waals surface area contributed by atoms with Gasteiger partial charge in [0.15, 0.2) is 0 Å². The Morgan fingerprint density at radius 2 is 1.59 bits per heavy atom. The number of amides is 2. The Morgan fingerprint density at radius 3 is 2.26 bits per heavy atom. The summed E-state index contributed by atoms with van der Waals surface area (Å²) in [5.41, 5.74) is 1.80. The number of sulfonamides is 1. The SMILES string of the molecule is Cc1ccccc1C(=O)NCC(=O)NCc1ccccc1S(=O)(=O)N(C)C. The first kappa shape index (κ1) is 20.6. The summed E-state index contributed by atoms with van der Waals surface area (Å²) in [5.74, 6) is -0.743. The Kier molecular flexibility index (Phi) is 6.70. The second-order valence-corrected chi connectivity index (χ2v) is 8.29. The summed E-state index contributed by atoms with van der Waals surface area (Å²) in [6.07, 6.45) is 0. The molecule has 2 amide bonds. The van der Waals surface area contributed by atoms with Crippen LogP contribution in [0.15, 0.2) is 53.4 Å². The van der Waals surface area contributed by atoms with Crippen molar-refractivity contribution in [3.8, 4) is 0 Å². The molecule has 0 unspecified atom stereocenters. The number of carbonyl (C=O) groups excluding carboxylic acids is 2. The Bertz CT molecular complexity index is 939. The summed E-state index contributed by atoms with van der Waals surface area (Å²) in [7, 11) is -0.709. The fraction of sp³-hybridized carbons (Fsp3) is 0.263. The molecule has 0 fully saturated rings. The van der Waals surface area contributed by atoms with Crippen LogP contribution in [0.3, 0.4) is 0 Å². The molecule has 7 nitrogen and oxygen atoms in total. The molecule has 0 bridgehead atoms. The van der Waals surface area contributed by atoms with E-state index in [1.165, 1.54) is 20.2 Å². The summed E-state index contributed by atoms with van der Waals surface area (Å²) in [6, 6.07) is 13.6. The van der Waals surface area contributed by atoms with E-state index in [1.54, 1.807) is 30.3 Å². The number of aryl methyl sites for hydroxylation is 1. The van der Waals surface area contributed by atoms with Crippen molar-refractivity contribution in [3.63, 3.8) is 0 Å². The molecule has 0 atom stereocenters. The van der Waals surface area contributed by atoms with E-state index >= 15 is 0 Å². The van der Waals surface area contributed by atoms with Gasteiger partial charge in [-0.1, -0.05) is 36.4 Å². The highest BCUT2D eigenvalue weighted by molar-refractivity contribution is 7.89. The summed E-state index contributed by atoms with van der Waals surface area (Å²) >= 11 is 0. The fourth-order valence-corrected chi connectivity index (χ4v) is 3.55. The average molecular weight is 389 g/mol. The molecule has 0 heterocycles. The molecule has 2 aromatic carbocycles. The second kappa shape index (κ2) is 8.79. The Hall–Kier alpha value is -2.71. The Balaban J connectivity index is 1.97. The van der Waals surface area contributed by atoms with Gasteiger partial charge in [-0.2, -0.15) is 0 Å². The highest BCUT2D eigenvalue weighted by Crippen LogP contribution is 2.18. The maximum Gasteiger partial charge on any atom is 0.251 e. The van der Waals surface area contributed by atoms with Crippen LogP contribution in [0.5, 0.6) is 0 Å². The molecule has 0 radical (unpaired) electrons. The first-order chi connectivity index (χ1) is 12.7. The summed E-state index contributed by atoms with van der Waals surface area (Å²) in [5, 5.41) is 5.20. The fourth-order valence-electron chi connectivity index (χ4n) is 2.44. The molecule has 0 aliphatic carbocycles. The molecule has 8 heteroatoms. The molecule has 2 N–H and O–H groups in total. The zero-order chi connectivity index (χ0) is 20.0. The lowest BCUT2D eigenvalue weighted by molar-refractivity contribution is -0.120. The molecule has 0 aliphatic rings. The van der Waals surface area contributed by atoms with Crippen LogP contribution in [0.4, 0.5) is 0 Å². The summed E-state index contributed by atoms with van der Waals surface area (Å²) < 4.78 is 25.8. The number of hydrogen-bond donors (Lipinski definition) is 2. The number of nitrogens with zero attached hydrogens (tertiary/aromatic N) is 1. The third-order valence-electron chi connectivity index (χ3n) is 4.01. The number of benzene rings is 2. The lowest BCUT2D eigenvalue weighted by Gasteiger charge is -2.15. The van der Waals surface area contributed by atoms with Crippen LogP contribution >= 0.6 is 0 Å². The van der Waals surface area contributed by atoms with Crippen LogP contribution in [-0.2, 0) is 21.4 Å². The molecule has 0 aliphatic heterocycles. The summed E-state index contributed by atoms with van der Waals surface area (Å²) in [4.78, 5) is 24.3. The molecule has 0 saturated heterocycles. The van der Waals surface area contributed by atoms with Crippen molar-refractivity contribution in [2.75, 3.05) is 20.6 Å². The van der Waals surface area contributed by atoms with Gasteiger partial charge in [0.1, 0.15) is 0 Å². The van der Waals surface area contributed by atoms with Gasteiger partial charge in [-0.15, -0.1) is 0 Å². The molecule has 2 aromatic rings. The molecule has 0 spiro atoms. The zero-order valence-corrected chi connectivity index (χ0v) is 16.3. The van der Waals surface area contributed by atoms with Crippen molar-refractivity contribution >= 4 is 21.8 Å². The number of rotatable bonds is 7. The van der Waals surface area contributed by atoms with Gasteiger partial charge in [0.25, 0.3) is 5.91 Å². The standard InChI is InChI=1S/C19H23N3O4S/c1-14-8-4-6-10-16(14)19(24)21-13-18(23)20-12-15-9-5-7-11-17(15)27(25,26)22(2)3/h4-11H,12-13H2,1-3H3,(H,20,23)(H,21,24). The van der Waals surface area contributed by atoms with E-state index in [2.05, 4.69) is 10.6 Å². The number of carbonyl (C=O) groups is 2. The van der Waals surface area contributed by atoms with E-state index in [0.717, 1.165) is 9.87 Å². The van der Waals surface area contributed by atoms with Crippen molar-refractivity contribution < 1.29 is 18.0 Å². The highest BCUT2D eigenvalue weighted by atomic mass is 32.2. The molecule has 144 valence electrons. The molecule has 0 saturated carbocycles. The molecule has 27 heavy (non-hydrogen) atoms. The minimum absolute atomic E-state index is 0.0440. The molecular weight excluding hydrogens is 366 g/mol. The van der Waals surface area contributed by atoms with Crippen LogP contribution in [0, 0.1) is 6.92 Å². The first-order valence-corrected chi connectivity index (χ1v) is 9.78. The third kappa shape index (κ3) is 5.15. The Morgan fingerprint density at radius 1 is 0.963 bits per heavy atom. The average Bonchev–Trinajstić information content (AvgIpc) is 2.64. The minimum atomic E-state index is -3.61. The van der Waals surface area contributed by atoms with Crippen LogP contribution < -0.4 is 10.6 Å². The lowest BCUT2D eigenvalue weighted by Crippen LogP contribution is -2.37. The van der Waals surface area contributed by atoms with Crippen molar-refractivity contribution in [2.24, 2.45) is 0 Å². The topological polar surface area (TPSA) is 95.6 Å². The van der Waals surface area contributed by atoms with E-state index in [4.69, 9.17) is 0 Å². The largest absolute Gasteiger partial charge is 0.350 e. The van der Waals surface area contributed by atoms with Gasteiger partial charge in [-0.3, -0.25) is 9.59 Å². The van der Waals surface area contributed by atoms with E-state index in [9.17, 15) is 18.0 Å². The van der Waals surface area contributed by atoms with Gasteiger partial charge in [0.2, 0.25) is 15.9 Å². The normalized spacial score (nSPS) is 11.3. The molecule has 0 aromatic heterocycles. The second-order valence-electron chi connectivity index (χ2n) is 6.17. The summed E-state index contributed by atoms with van der Waals surface area (Å²) in [6.45, 7) is 1.66. The minimum Gasteiger partial charge on any atom is -0.350 e. The van der Waals surface area contributed by atoms with Crippen LogP contribution in [-0.4, -0.2) is 45.2 Å². The van der Waals surface area contributed by atoms with E-state index < -0.39 is 15.9 Å². The van der Waals surface area contributed by atoms with Gasteiger partial charge >= 0.3 is 0 Å². The van der Waals surface area contributed by atoms with Gasteiger partial charge in [0.05, 0.1) is 11.4 Å². The van der Waals surface area contributed by atoms with Gasteiger partial charge < -0.3 is 10.6 Å². The number of nitrogens with one attached hydrogen (secondary N) is 2. The van der Waals surface area contributed by atoms with Gasteiger partial charge in [-0.05, 0) is 30.2 Å². The van der Waals surface area contributed by atoms with Crippen molar-refractivity contribution in [1.82, 2.24) is 14.9 Å². The Labute approximate surface area is 159 Å². The van der Waals surface area contributed by atoms with Crippen molar-refractivity contribution in [2.45, 2.75) is 18.4 Å². The number of hydrogen-bond acceptors (Lipinski definition) is 4. The molecule has 2 rings (SSSR count). The lowest BCUT2D eigenvalue weighted by atomic mass is 10.1. The quantitative estimate of drug-likeness (QED) is 0.746. The van der Waals surface area contributed by atoms with Crippen LogP contribution in [0.2, 0.25) is 0 Å². The zero-order valence-electron chi connectivity index (χ0n) is 15.5. The van der Waals surface area contributed by atoms with E-state index in [0.29, 0.717) is 11.1 Å². The highest BCUT2D eigenvalue weighted by Gasteiger charge is 2.20. The maximum absolute atomic E-state index is 12.4. The van der Waals surface area contributed by atoms with Crippen molar-refractivity contribution in [3.05, 3.63) is 65.2 Å².